The van der Waals surface area contributed by atoms with Gasteiger partial charge in [0.25, 0.3) is 5.91 Å². The lowest BCUT2D eigenvalue weighted by molar-refractivity contribution is 0.0925. The maximum Gasteiger partial charge on any atom is 0.291 e. The third kappa shape index (κ3) is 4.44. The fraction of sp³-hybridized carbons (Fsp3) is 0.231. The van der Waals surface area contributed by atoms with Crippen LogP contribution in [0.5, 0.6) is 0 Å². The summed E-state index contributed by atoms with van der Waals surface area (Å²) in [7, 11) is 0. The molecule has 160 valence electrons. The van der Waals surface area contributed by atoms with E-state index in [2.05, 4.69) is 51.6 Å². The maximum absolute atomic E-state index is 13.2. The number of para-hydroxylation sites is 1. The van der Waals surface area contributed by atoms with E-state index >= 15 is 0 Å². The Bertz CT molecular complexity index is 1200. The van der Waals surface area contributed by atoms with E-state index in [1.165, 1.54) is 5.56 Å². The summed E-state index contributed by atoms with van der Waals surface area (Å²) in [6, 6.07) is 23.7. The zero-order valence-corrected chi connectivity index (χ0v) is 18.0. The molecular weight excluding hydrogens is 398 g/mol. The molecule has 0 radical (unpaired) electrons. The molecule has 5 rings (SSSR count). The lowest BCUT2D eigenvalue weighted by atomic mass is 10.0. The van der Waals surface area contributed by atoms with Crippen molar-refractivity contribution in [2.24, 2.45) is 0 Å². The lowest BCUT2D eigenvalue weighted by Gasteiger charge is -2.18. The van der Waals surface area contributed by atoms with E-state index in [0.717, 1.165) is 35.6 Å². The number of aromatic nitrogens is 4. The maximum atomic E-state index is 13.2. The molecule has 0 aliphatic heterocycles. The first-order valence-electron chi connectivity index (χ1n) is 11.0. The third-order valence-electron chi connectivity index (χ3n) is 5.69. The van der Waals surface area contributed by atoms with Crippen molar-refractivity contribution in [1.82, 2.24) is 25.1 Å². The molecule has 1 unspecified atom stereocenters. The van der Waals surface area contributed by atoms with E-state index in [1.54, 1.807) is 6.20 Å². The first kappa shape index (κ1) is 20.1. The van der Waals surface area contributed by atoms with Gasteiger partial charge in [-0.3, -0.25) is 9.78 Å². The number of pyridine rings is 1. The summed E-state index contributed by atoms with van der Waals surface area (Å²) in [6.07, 6.45) is 4.54. The van der Waals surface area contributed by atoms with Gasteiger partial charge in [-0.2, -0.15) is 0 Å². The van der Waals surface area contributed by atoms with Crippen molar-refractivity contribution in [3.05, 3.63) is 107 Å². The highest BCUT2D eigenvalue weighted by Crippen LogP contribution is 2.39. The molecule has 1 saturated carbocycles. The number of carbonyl (C=O) groups is 1. The summed E-state index contributed by atoms with van der Waals surface area (Å²) >= 11 is 0. The largest absolute Gasteiger partial charge is 0.341 e. The smallest absolute Gasteiger partial charge is 0.291 e. The van der Waals surface area contributed by atoms with Crippen molar-refractivity contribution < 1.29 is 4.79 Å². The van der Waals surface area contributed by atoms with Crippen LogP contribution in [0.4, 0.5) is 0 Å². The Morgan fingerprint density at radius 2 is 1.78 bits per heavy atom. The van der Waals surface area contributed by atoms with Crippen molar-refractivity contribution >= 4 is 5.91 Å². The van der Waals surface area contributed by atoms with Crippen LogP contribution in [-0.2, 0) is 6.42 Å². The van der Waals surface area contributed by atoms with Gasteiger partial charge in [-0.05, 0) is 56.0 Å². The van der Waals surface area contributed by atoms with Gasteiger partial charge in [0, 0.05) is 12.1 Å². The SMILES string of the molecule is Cc1ccc(CC(NC(=O)c2nc(C3CC3)n(-c3ccccc3)n2)c2ccccn2)cc1. The Morgan fingerprint density at radius 3 is 2.47 bits per heavy atom. The Kier molecular flexibility index (Phi) is 5.50. The number of hydrogen-bond donors (Lipinski definition) is 1. The molecule has 0 spiro atoms. The van der Waals surface area contributed by atoms with Crippen LogP contribution in [0, 0.1) is 6.92 Å². The predicted octanol–water partition coefficient (Wildman–Crippen LogP) is 4.56. The fourth-order valence-electron chi connectivity index (χ4n) is 3.78. The highest BCUT2D eigenvalue weighted by atomic mass is 16.2. The summed E-state index contributed by atoms with van der Waals surface area (Å²) in [5.41, 5.74) is 4.07. The van der Waals surface area contributed by atoms with Gasteiger partial charge in [-0.1, -0.05) is 54.1 Å². The minimum Gasteiger partial charge on any atom is -0.341 e. The lowest BCUT2D eigenvalue weighted by Crippen LogP contribution is -2.31. The molecule has 1 amide bonds. The Labute approximate surface area is 187 Å². The molecule has 1 aliphatic rings. The molecule has 1 N–H and O–H groups in total. The number of rotatable bonds is 7. The van der Waals surface area contributed by atoms with E-state index in [1.807, 2.05) is 53.2 Å². The molecule has 0 bridgehead atoms. The monoisotopic (exact) mass is 423 g/mol. The van der Waals surface area contributed by atoms with Gasteiger partial charge < -0.3 is 5.32 Å². The van der Waals surface area contributed by atoms with Crippen LogP contribution < -0.4 is 5.32 Å². The molecule has 6 heteroatoms. The first-order valence-corrected chi connectivity index (χ1v) is 11.0. The molecule has 4 aromatic rings. The zero-order chi connectivity index (χ0) is 21.9. The van der Waals surface area contributed by atoms with E-state index in [-0.39, 0.29) is 17.8 Å². The highest BCUT2D eigenvalue weighted by Gasteiger charge is 2.32. The Balaban J connectivity index is 1.42. The van der Waals surface area contributed by atoms with Crippen LogP contribution in [0.1, 0.15) is 58.1 Å². The predicted molar refractivity (Wildman–Crippen MR) is 123 cm³/mol. The number of aryl methyl sites for hydroxylation is 1. The van der Waals surface area contributed by atoms with Gasteiger partial charge in [0.15, 0.2) is 0 Å². The molecule has 1 fully saturated rings. The van der Waals surface area contributed by atoms with Gasteiger partial charge in [-0.25, -0.2) is 9.67 Å². The molecule has 2 aromatic carbocycles. The van der Waals surface area contributed by atoms with E-state index < -0.39 is 0 Å². The van der Waals surface area contributed by atoms with Crippen molar-refractivity contribution in [3.8, 4) is 5.69 Å². The van der Waals surface area contributed by atoms with Crippen molar-refractivity contribution in [3.63, 3.8) is 0 Å². The second-order valence-electron chi connectivity index (χ2n) is 8.29. The van der Waals surface area contributed by atoms with Crippen LogP contribution in [0.25, 0.3) is 5.69 Å². The van der Waals surface area contributed by atoms with Crippen LogP contribution in [0.3, 0.4) is 0 Å². The summed E-state index contributed by atoms with van der Waals surface area (Å²) in [6.45, 7) is 2.06. The standard InChI is InChI=1S/C26H25N5O/c1-18-10-12-19(13-11-18)17-23(22-9-5-6-16-27-22)28-26(32)24-29-25(20-14-15-20)31(30-24)21-7-3-2-4-8-21/h2-13,16,20,23H,14-15,17H2,1H3,(H,28,32). The minimum absolute atomic E-state index is 0.195. The number of amides is 1. The van der Waals surface area contributed by atoms with Gasteiger partial charge >= 0.3 is 0 Å². The van der Waals surface area contributed by atoms with Gasteiger partial charge in [0.05, 0.1) is 17.4 Å². The number of nitrogens with one attached hydrogen (secondary N) is 1. The average Bonchev–Trinajstić information content (AvgIpc) is 3.59. The summed E-state index contributed by atoms with van der Waals surface area (Å²) in [5, 5.41) is 7.70. The third-order valence-corrected chi connectivity index (χ3v) is 5.69. The molecule has 1 aliphatic carbocycles. The number of nitrogens with zero attached hydrogens (tertiary/aromatic N) is 4. The fourth-order valence-corrected chi connectivity index (χ4v) is 3.78. The van der Waals surface area contributed by atoms with E-state index in [9.17, 15) is 4.79 Å². The van der Waals surface area contributed by atoms with Gasteiger partial charge in [0.1, 0.15) is 5.82 Å². The average molecular weight is 424 g/mol. The van der Waals surface area contributed by atoms with Crippen LogP contribution in [0.15, 0.2) is 79.0 Å². The molecule has 32 heavy (non-hydrogen) atoms. The number of benzene rings is 2. The number of carbonyl (C=O) groups excluding carboxylic acids is 1. The van der Waals surface area contributed by atoms with Crippen LogP contribution in [-0.4, -0.2) is 25.7 Å². The second kappa shape index (κ2) is 8.75. The highest BCUT2D eigenvalue weighted by molar-refractivity contribution is 5.90. The normalized spacial score (nSPS) is 14.2. The molecule has 1 atom stereocenters. The van der Waals surface area contributed by atoms with Gasteiger partial charge in [-0.15, -0.1) is 5.10 Å². The summed E-state index contributed by atoms with van der Waals surface area (Å²) < 4.78 is 1.81. The Morgan fingerprint density at radius 1 is 1.03 bits per heavy atom. The second-order valence-corrected chi connectivity index (χ2v) is 8.29. The minimum atomic E-state index is -0.288. The van der Waals surface area contributed by atoms with Crippen molar-refractivity contribution in [2.45, 2.75) is 38.1 Å². The van der Waals surface area contributed by atoms with E-state index in [0.29, 0.717) is 12.3 Å². The molecule has 0 saturated heterocycles. The summed E-state index contributed by atoms with van der Waals surface area (Å²) in [4.78, 5) is 22.4. The van der Waals surface area contributed by atoms with Gasteiger partial charge in [0.2, 0.25) is 5.82 Å². The molecule has 2 heterocycles. The van der Waals surface area contributed by atoms with Crippen molar-refractivity contribution in [1.29, 1.82) is 0 Å². The molecular formula is C26H25N5O. The summed E-state index contributed by atoms with van der Waals surface area (Å²) in [5.74, 6) is 1.13. The topological polar surface area (TPSA) is 72.7 Å². The van der Waals surface area contributed by atoms with Crippen LogP contribution >= 0.6 is 0 Å². The number of hydrogen-bond acceptors (Lipinski definition) is 4. The molecule has 2 aromatic heterocycles. The first-order chi connectivity index (χ1) is 15.7. The van der Waals surface area contributed by atoms with Crippen LogP contribution in [0.2, 0.25) is 0 Å². The Hall–Kier alpha value is -3.80. The molecule has 6 nitrogen and oxygen atoms in total. The quantitative estimate of drug-likeness (QED) is 0.473. The zero-order valence-electron chi connectivity index (χ0n) is 18.0. The van der Waals surface area contributed by atoms with E-state index in [4.69, 9.17) is 0 Å². The van der Waals surface area contributed by atoms with Crippen molar-refractivity contribution in [2.75, 3.05) is 0 Å².